The maximum Gasteiger partial charge on any atom is 0.268 e. The molecule has 0 unspecified atom stereocenters. The van der Waals surface area contributed by atoms with E-state index in [1.807, 2.05) is 23.6 Å². The third-order valence-corrected chi connectivity index (χ3v) is 8.90. The number of nitrogens with zero attached hydrogens (tertiary/aromatic N) is 2. The second-order valence-electron chi connectivity index (χ2n) is 7.14. The number of fused-ring (bicyclic) bond motifs is 1. The van der Waals surface area contributed by atoms with Gasteiger partial charge in [0.25, 0.3) is 5.91 Å². The number of hydrogen-bond acceptors (Lipinski definition) is 8. The van der Waals surface area contributed by atoms with E-state index in [-0.39, 0.29) is 16.6 Å². The molecular formula is C20H19N3O5S3. The number of carbonyl (C=O) groups is 1. The molecule has 0 bridgehead atoms. The SMILES string of the molecule is O=C(Nc1nc(-c2ccc3c(c2)OCO3)cs1)c1sccc1S(=O)(=O)N1CCCCC1. The Bertz CT molecular complexity index is 1230. The molecule has 1 N–H and O–H groups in total. The fraction of sp³-hybridized carbons (Fsp3) is 0.300. The number of nitrogens with one attached hydrogen (secondary N) is 1. The van der Waals surface area contributed by atoms with Crippen molar-refractivity contribution >= 4 is 43.7 Å². The van der Waals surface area contributed by atoms with Gasteiger partial charge in [0.15, 0.2) is 16.6 Å². The Labute approximate surface area is 187 Å². The molecule has 0 radical (unpaired) electrons. The van der Waals surface area contributed by atoms with Crippen LogP contribution >= 0.6 is 22.7 Å². The number of carbonyl (C=O) groups excluding carboxylic acids is 1. The van der Waals surface area contributed by atoms with Crippen LogP contribution in [0.3, 0.4) is 0 Å². The minimum absolute atomic E-state index is 0.0597. The molecule has 2 aliphatic rings. The fourth-order valence-corrected chi connectivity index (χ4v) is 7.11. The van der Waals surface area contributed by atoms with Crippen molar-refractivity contribution in [3.05, 3.63) is 39.9 Å². The zero-order valence-corrected chi connectivity index (χ0v) is 18.8. The molecule has 1 fully saturated rings. The molecule has 1 saturated heterocycles. The van der Waals surface area contributed by atoms with Gasteiger partial charge in [-0.05, 0) is 42.5 Å². The topological polar surface area (TPSA) is 97.8 Å². The number of amides is 1. The first-order chi connectivity index (χ1) is 15.0. The first-order valence-electron chi connectivity index (χ1n) is 9.77. The summed E-state index contributed by atoms with van der Waals surface area (Å²) in [6, 6.07) is 7.03. The van der Waals surface area contributed by atoms with Crippen molar-refractivity contribution in [3.8, 4) is 22.8 Å². The van der Waals surface area contributed by atoms with Gasteiger partial charge in [0.2, 0.25) is 16.8 Å². The van der Waals surface area contributed by atoms with Crippen molar-refractivity contribution in [2.24, 2.45) is 0 Å². The van der Waals surface area contributed by atoms with Crippen LogP contribution in [0.25, 0.3) is 11.3 Å². The molecule has 2 aliphatic heterocycles. The summed E-state index contributed by atoms with van der Waals surface area (Å²) in [6.07, 6.45) is 2.71. The van der Waals surface area contributed by atoms with Crippen molar-refractivity contribution < 1.29 is 22.7 Å². The number of thiazole rings is 1. The summed E-state index contributed by atoms with van der Waals surface area (Å²) in [5.74, 6) is 0.868. The Morgan fingerprint density at radius 3 is 2.71 bits per heavy atom. The highest BCUT2D eigenvalue weighted by Gasteiger charge is 2.31. The first-order valence-corrected chi connectivity index (χ1v) is 13.0. The lowest BCUT2D eigenvalue weighted by Crippen LogP contribution is -2.36. The van der Waals surface area contributed by atoms with Crippen LogP contribution in [0.15, 0.2) is 39.9 Å². The quantitative estimate of drug-likeness (QED) is 0.596. The lowest BCUT2D eigenvalue weighted by molar-refractivity contribution is 0.102. The monoisotopic (exact) mass is 477 g/mol. The van der Waals surface area contributed by atoms with Crippen LogP contribution in [-0.4, -0.2) is 43.5 Å². The predicted octanol–water partition coefficient (Wildman–Crippen LogP) is 4.03. The Kier molecular flexibility index (Phi) is 5.42. The molecule has 0 spiro atoms. The molecule has 1 amide bonds. The Morgan fingerprint density at radius 2 is 1.87 bits per heavy atom. The molecule has 31 heavy (non-hydrogen) atoms. The molecule has 8 nitrogen and oxygen atoms in total. The zero-order chi connectivity index (χ0) is 21.4. The van der Waals surface area contributed by atoms with Crippen molar-refractivity contribution in [1.29, 1.82) is 0 Å². The van der Waals surface area contributed by atoms with E-state index in [0.29, 0.717) is 35.4 Å². The number of thiophene rings is 1. The van der Waals surface area contributed by atoms with Gasteiger partial charge in [-0.1, -0.05) is 6.42 Å². The van der Waals surface area contributed by atoms with E-state index < -0.39 is 15.9 Å². The fourth-order valence-electron chi connectivity index (χ4n) is 3.58. The third-order valence-electron chi connectivity index (χ3n) is 5.16. The highest BCUT2D eigenvalue weighted by molar-refractivity contribution is 7.89. The standard InChI is InChI=1S/C20H19N3O5S3/c24-19(18-17(6-9-29-18)31(25,26)23-7-2-1-3-8-23)22-20-21-14(11-30-20)13-4-5-15-16(10-13)28-12-27-15/h4-6,9-11H,1-3,7-8,12H2,(H,21,22,24). The summed E-state index contributed by atoms with van der Waals surface area (Å²) in [4.78, 5) is 17.6. The van der Waals surface area contributed by atoms with Crippen LogP contribution in [0.2, 0.25) is 0 Å². The van der Waals surface area contributed by atoms with E-state index >= 15 is 0 Å². The van der Waals surface area contributed by atoms with Gasteiger partial charge < -0.3 is 9.47 Å². The molecule has 0 saturated carbocycles. The Morgan fingerprint density at radius 1 is 1.06 bits per heavy atom. The van der Waals surface area contributed by atoms with Crippen molar-refractivity contribution in [2.75, 3.05) is 25.2 Å². The second kappa shape index (κ2) is 8.23. The van der Waals surface area contributed by atoms with E-state index in [2.05, 4.69) is 10.3 Å². The highest BCUT2D eigenvalue weighted by atomic mass is 32.2. The summed E-state index contributed by atoms with van der Waals surface area (Å²) < 4.78 is 38.2. The molecule has 2 aromatic heterocycles. The molecule has 1 aromatic carbocycles. The number of benzene rings is 1. The molecular weight excluding hydrogens is 458 g/mol. The molecule has 5 rings (SSSR count). The van der Waals surface area contributed by atoms with Crippen LogP contribution in [0.4, 0.5) is 5.13 Å². The van der Waals surface area contributed by atoms with E-state index in [4.69, 9.17) is 9.47 Å². The second-order valence-corrected chi connectivity index (χ2v) is 10.8. The van der Waals surface area contributed by atoms with Gasteiger partial charge in [-0.25, -0.2) is 13.4 Å². The average molecular weight is 478 g/mol. The van der Waals surface area contributed by atoms with Gasteiger partial charge in [0, 0.05) is 24.0 Å². The highest BCUT2D eigenvalue weighted by Crippen LogP contribution is 2.37. The number of piperidine rings is 1. The number of anilines is 1. The minimum Gasteiger partial charge on any atom is -0.454 e. The first kappa shape index (κ1) is 20.4. The summed E-state index contributed by atoms with van der Waals surface area (Å²) in [7, 11) is -3.69. The van der Waals surface area contributed by atoms with Gasteiger partial charge >= 0.3 is 0 Å². The van der Waals surface area contributed by atoms with Crippen molar-refractivity contribution in [2.45, 2.75) is 24.2 Å². The van der Waals surface area contributed by atoms with E-state index in [1.54, 1.807) is 5.38 Å². The van der Waals surface area contributed by atoms with E-state index in [0.717, 1.165) is 36.2 Å². The third kappa shape index (κ3) is 3.93. The number of hydrogen-bond donors (Lipinski definition) is 1. The summed E-state index contributed by atoms with van der Waals surface area (Å²) in [5.41, 5.74) is 1.52. The number of ether oxygens (including phenoxy) is 2. The van der Waals surface area contributed by atoms with Gasteiger partial charge in [-0.3, -0.25) is 10.1 Å². The van der Waals surface area contributed by atoms with Crippen LogP contribution in [0.1, 0.15) is 28.9 Å². The van der Waals surface area contributed by atoms with E-state index in [1.165, 1.54) is 21.7 Å². The predicted molar refractivity (Wildman–Crippen MR) is 119 cm³/mol. The van der Waals surface area contributed by atoms with Gasteiger partial charge in [-0.2, -0.15) is 4.31 Å². The van der Waals surface area contributed by atoms with Crippen molar-refractivity contribution in [3.63, 3.8) is 0 Å². The zero-order valence-electron chi connectivity index (χ0n) is 16.4. The molecule has 3 aromatic rings. The molecule has 0 aliphatic carbocycles. The summed E-state index contributed by atoms with van der Waals surface area (Å²) in [6.45, 7) is 1.18. The van der Waals surface area contributed by atoms with Gasteiger partial charge in [0.05, 0.1) is 5.69 Å². The lowest BCUT2D eigenvalue weighted by Gasteiger charge is -2.25. The Hall–Kier alpha value is -2.47. The minimum atomic E-state index is -3.69. The van der Waals surface area contributed by atoms with Crippen LogP contribution in [0, 0.1) is 0 Å². The summed E-state index contributed by atoms with van der Waals surface area (Å²) >= 11 is 2.39. The number of rotatable bonds is 5. The molecule has 162 valence electrons. The van der Waals surface area contributed by atoms with Crippen molar-refractivity contribution in [1.82, 2.24) is 9.29 Å². The van der Waals surface area contributed by atoms with Gasteiger partial charge in [-0.15, -0.1) is 22.7 Å². The number of sulfonamides is 1. The van der Waals surface area contributed by atoms with E-state index in [9.17, 15) is 13.2 Å². The lowest BCUT2D eigenvalue weighted by atomic mass is 10.1. The summed E-state index contributed by atoms with van der Waals surface area (Å²) in [5, 5.41) is 6.59. The smallest absolute Gasteiger partial charge is 0.268 e. The Balaban J connectivity index is 1.34. The maximum absolute atomic E-state index is 13.0. The largest absolute Gasteiger partial charge is 0.454 e. The maximum atomic E-state index is 13.0. The van der Waals surface area contributed by atoms with Crippen LogP contribution in [0.5, 0.6) is 11.5 Å². The molecule has 0 atom stereocenters. The van der Waals surface area contributed by atoms with Crippen LogP contribution < -0.4 is 14.8 Å². The van der Waals surface area contributed by atoms with Gasteiger partial charge in [0.1, 0.15) is 9.77 Å². The van der Waals surface area contributed by atoms with Crippen LogP contribution in [-0.2, 0) is 10.0 Å². The molecule has 11 heteroatoms. The number of aromatic nitrogens is 1. The normalized spacial score (nSPS) is 16.4. The molecule has 4 heterocycles. The average Bonchev–Trinajstić information content (AvgIpc) is 3.53.